The van der Waals surface area contributed by atoms with Crippen molar-refractivity contribution in [2.24, 2.45) is 0 Å². The van der Waals surface area contributed by atoms with Gasteiger partial charge in [-0.05, 0) is 56.2 Å². The van der Waals surface area contributed by atoms with Crippen LogP contribution in [0.15, 0.2) is 66.7 Å². The summed E-state index contributed by atoms with van der Waals surface area (Å²) in [6, 6.07) is 22.3. The number of amides is 1. The summed E-state index contributed by atoms with van der Waals surface area (Å²) in [6.07, 6.45) is 0. The fraction of sp³-hybridized carbons (Fsp3) is 0.231. The zero-order chi connectivity index (χ0) is 22.2. The van der Waals surface area contributed by atoms with Gasteiger partial charge >= 0.3 is 0 Å². The molecule has 1 atom stereocenters. The van der Waals surface area contributed by atoms with Gasteiger partial charge in [-0.25, -0.2) is 0 Å². The highest BCUT2D eigenvalue weighted by molar-refractivity contribution is 6.01. The Bertz CT molecular complexity index is 1100. The number of rotatable bonds is 8. The molecule has 3 rings (SSSR count). The molecule has 0 spiro atoms. The highest BCUT2D eigenvalue weighted by Gasteiger charge is 2.18. The number of carbonyl (C=O) groups is 1. The van der Waals surface area contributed by atoms with E-state index in [1.807, 2.05) is 75.4 Å². The van der Waals surface area contributed by atoms with Gasteiger partial charge in [0.1, 0.15) is 0 Å². The van der Waals surface area contributed by atoms with Gasteiger partial charge in [0.05, 0.1) is 30.9 Å². The van der Waals surface area contributed by atoms with Crippen molar-refractivity contribution < 1.29 is 14.3 Å². The summed E-state index contributed by atoms with van der Waals surface area (Å²) >= 11 is 0. The van der Waals surface area contributed by atoms with Crippen molar-refractivity contribution in [1.29, 1.82) is 5.26 Å². The Morgan fingerprint density at radius 1 is 0.935 bits per heavy atom. The van der Waals surface area contributed by atoms with Gasteiger partial charge in [0.25, 0.3) is 5.91 Å². The molecule has 1 amide bonds. The van der Waals surface area contributed by atoms with E-state index in [9.17, 15) is 10.1 Å². The van der Waals surface area contributed by atoms with E-state index in [1.54, 1.807) is 12.1 Å². The van der Waals surface area contributed by atoms with Crippen LogP contribution >= 0.6 is 0 Å². The molecule has 0 fully saturated rings. The van der Waals surface area contributed by atoms with E-state index in [0.29, 0.717) is 35.8 Å². The average Bonchev–Trinajstić information content (AvgIpc) is 2.80. The SMILES string of the molecule is CCOc1ccc(C(C)NC(=O)c2ccccc2-c2ccccc2C#N)cc1OCC. The third-order valence-electron chi connectivity index (χ3n) is 4.92. The molecule has 0 aliphatic rings. The van der Waals surface area contributed by atoms with Crippen molar-refractivity contribution in [2.45, 2.75) is 26.8 Å². The number of ether oxygens (including phenoxy) is 2. The lowest BCUT2D eigenvalue weighted by atomic mass is 9.95. The maximum absolute atomic E-state index is 13.2. The van der Waals surface area contributed by atoms with E-state index in [0.717, 1.165) is 16.7 Å². The van der Waals surface area contributed by atoms with Crippen LogP contribution in [0.5, 0.6) is 11.5 Å². The topological polar surface area (TPSA) is 71.3 Å². The predicted octanol–water partition coefficient (Wildman–Crippen LogP) is 5.51. The molecule has 3 aromatic rings. The van der Waals surface area contributed by atoms with E-state index in [2.05, 4.69) is 11.4 Å². The van der Waals surface area contributed by atoms with Crippen molar-refractivity contribution >= 4 is 5.91 Å². The van der Waals surface area contributed by atoms with Gasteiger partial charge in [0.2, 0.25) is 0 Å². The number of benzene rings is 3. The Morgan fingerprint density at radius 3 is 2.29 bits per heavy atom. The molecule has 0 aromatic heterocycles. The Kier molecular flexibility index (Phi) is 7.29. The number of carbonyl (C=O) groups excluding carboxylic acids is 1. The Balaban J connectivity index is 1.88. The Hall–Kier alpha value is -3.78. The quantitative estimate of drug-likeness (QED) is 0.527. The van der Waals surface area contributed by atoms with Gasteiger partial charge in [0.15, 0.2) is 11.5 Å². The fourth-order valence-electron chi connectivity index (χ4n) is 3.43. The zero-order valence-corrected chi connectivity index (χ0v) is 18.0. The lowest BCUT2D eigenvalue weighted by Gasteiger charge is -2.18. The fourth-order valence-corrected chi connectivity index (χ4v) is 3.43. The number of nitrogens with one attached hydrogen (secondary N) is 1. The highest BCUT2D eigenvalue weighted by Crippen LogP contribution is 2.31. The third kappa shape index (κ3) is 5.04. The second kappa shape index (κ2) is 10.3. The molecule has 5 nitrogen and oxygen atoms in total. The molecule has 1 unspecified atom stereocenters. The summed E-state index contributed by atoms with van der Waals surface area (Å²) in [5, 5.41) is 12.5. The standard InChI is InChI=1S/C26H26N2O3/c1-4-30-24-15-14-19(16-25(24)31-5-2)18(3)28-26(29)23-13-9-8-12-22(23)21-11-7-6-10-20(21)17-27/h6-16,18H,4-5H2,1-3H3,(H,28,29). The maximum Gasteiger partial charge on any atom is 0.252 e. The van der Waals surface area contributed by atoms with Crippen molar-refractivity contribution in [3.63, 3.8) is 0 Å². The zero-order valence-electron chi connectivity index (χ0n) is 18.0. The Morgan fingerprint density at radius 2 is 1.58 bits per heavy atom. The molecule has 0 aliphatic carbocycles. The monoisotopic (exact) mass is 414 g/mol. The molecule has 5 heteroatoms. The minimum Gasteiger partial charge on any atom is -0.490 e. The molecule has 158 valence electrons. The van der Waals surface area contributed by atoms with Crippen LogP contribution < -0.4 is 14.8 Å². The van der Waals surface area contributed by atoms with Crippen molar-refractivity contribution in [2.75, 3.05) is 13.2 Å². The van der Waals surface area contributed by atoms with E-state index in [1.165, 1.54) is 0 Å². The molecule has 0 aliphatic heterocycles. The Labute approximate surface area is 183 Å². The van der Waals surface area contributed by atoms with Crippen LogP contribution in [0.25, 0.3) is 11.1 Å². The van der Waals surface area contributed by atoms with Crippen LogP contribution in [-0.2, 0) is 0 Å². The largest absolute Gasteiger partial charge is 0.490 e. The first kappa shape index (κ1) is 21.9. The molecule has 0 saturated carbocycles. The molecule has 0 radical (unpaired) electrons. The normalized spacial score (nSPS) is 11.3. The van der Waals surface area contributed by atoms with Gasteiger partial charge in [-0.3, -0.25) is 4.79 Å². The van der Waals surface area contributed by atoms with Crippen LogP contribution in [-0.4, -0.2) is 19.1 Å². The van der Waals surface area contributed by atoms with Crippen molar-refractivity contribution in [1.82, 2.24) is 5.32 Å². The molecule has 0 heterocycles. The first-order valence-corrected chi connectivity index (χ1v) is 10.4. The van der Waals surface area contributed by atoms with E-state index < -0.39 is 0 Å². The number of hydrogen-bond donors (Lipinski definition) is 1. The van der Waals surface area contributed by atoms with E-state index in [4.69, 9.17) is 9.47 Å². The average molecular weight is 415 g/mol. The summed E-state index contributed by atoms with van der Waals surface area (Å²) in [5.41, 5.74) is 3.43. The summed E-state index contributed by atoms with van der Waals surface area (Å²) in [6.45, 7) is 6.84. The van der Waals surface area contributed by atoms with Crippen molar-refractivity contribution in [3.8, 4) is 28.7 Å². The van der Waals surface area contributed by atoms with Gasteiger partial charge in [-0.1, -0.05) is 42.5 Å². The first-order valence-electron chi connectivity index (χ1n) is 10.4. The number of nitriles is 1. The highest BCUT2D eigenvalue weighted by atomic mass is 16.5. The molecule has 0 saturated heterocycles. The van der Waals surface area contributed by atoms with E-state index in [-0.39, 0.29) is 11.9 Å². The van der Waals surface area contributed by atoms with Gasteiger partial charge in [-0.2, -0.15) is 5.26 Å². The molecular weight excluding hydrogens is 388 g/mol. The lowest BCUT2D eigenvalue weighted by molar-refractivity contribution is 0.0940. The summed E-state index contributed by atoms with van der Waals surface area (Å²) < 4.78 is 11.3. The van der Waals surface area contributed by atoms with Crippen molar-refractivity contribution in [3.05, 3.63) is 83.4 Å². The smallest absolute Gasteiger partial charge is 0.252 e. The molecule has 0 bridgehead atoms. The molecule has 31 heavy (non-hydrogen) atoms. The summed E-state index contributed by atoms with van der Waals surface area (Å²) in [7, 11) is 0. The number of nitrogens with zero attached hydrogens (tertiary/aromatic N) is 1. The first-order chi connectivity index (χ1) is 15.1. The van der Waals surface area contributed by atoms with Crippen LogP contribution in [0.3, 0.4) is 0 Å². The van der Waals surface area contributed by atoms with Crippen LogP contribution in [0.2, 0.25) is 0 Å². The minimum atomic E-state index is -0.248. The maximum atomic E-state index is 13.2. The predicted molar refractivity (Wildman–Crippen MR) is 121 cm³/mol. The van der Waals surface area contributed by atoms with Crippen LogP contribution in [0.1, 0.15) is 48.3 Å². The van der Waals surface area contributed by atoms with Gasteiger partial charge in [-0.15, -0.1) is 0 Å². The van der Waals surface area contributed by atoms with Gasteiger partial charge in [0, 0.05) is 11.1 Å². The van der Waals surface area contributed by atoms with Crippen LogP contribution in [0, 0.1) is 11.3 Å². The summed E-state index contributed by atoms with van der Waals surface area (Å²) in [5.74, 6) is 1.14. The second-order valence-corrected chi connectivity index (χ2v) is 6.97. The second-order valence-electron chi connectivity index (χ2n) is 6.97. The van der Waals surface area contributed by atoms with Gasteiger partial charge < -0.3 is 14.8 Å². The molecular formula is C26H26N2O3. The minimum absolute atomic E-state index is 0.206. The van der Waals surface area contributed by atoms with Crippen LogP contribution in [0.4, 0.5) is 0 Å². The lowest BCUT2D eigenvalue weighted by Crippen LogP contribution is -2.27. The number of hydrogen-bond acceptors (Lipinski definition) is 4. The summed E-state index contributed by atoms with van der Waals surface area (Å²) in [4.78, 5) is 13.2. The van der Waals surface area contributed by atoms with E-state index >= 15 is 0 Å². The third-order valence-corrected chi connectivity index (χ3v) is 4.92. The molecule has 3 aromatic carbocycles. The molecule has 1 N–H and O–H groups in total.